The Bertz CT molecular complexity index is 1370. The van der Waals surface area contributed by atoms with Gasteiger partial charge in [-0.3, -0.25) is 10.1 Å². The molecule has 0 bridgehead atoms. The van der Waals surface area contributed by atoms with Gasteiger partial charge in [0, 0.05) is 23.1 Å². The first-order valence-corrected chi connectivity index (χ1v) is 9.56. The van der Waals surface area contributed by atoms with Crippen LogP contribution in [0.2, 0.25) is 5.02 Å². The van der Waals surface area contributed by atoms with E-state index in [0.717, 1.165) is 5.56 Å². The molecule has 0 unspecified atom stereocenters. The maximum absolute atomic E-state index is 11.7. The van der Waals surface area contributed by atoms with Crippen LogP contribution in [0.4, 0.5) is 5.69 Å². The third-order valence-corrected chi connectivity index (χ3v) is 5.00. The van der Waals surface area contributed by atoms with E-state index in [2.05, 4.69) is 4.98 Å². The maximum Gasteiger partial charge on any atom is 0.336 e. The second kappa shape index (κ2) is 8.04. The topological polar surface area (TPSA) is 106 Å². The third-order valence-electron chi connectivity index (χ3n) is 4.69. The van der Waals surface area contributed by atoms with Crippen molar-refractivity contribution in [2.75, 3.05) is 0 Å². The predicted octanol–water partition coefficient (Wildman–Crippen LogP) is 6.23. The van der Waals surface area contributed by atoms with Gasteiger partial charge in [0.1, 0.15) is 11.5 Å². The highest BCUT2D eigenvalue weighted by Gasteiger charge is 2.14. The number of carboxylic acid groups (broad SMARTS) is 1. The first-order chi connectivity index (χ1) is 14.8. The van der Waals surface area contributed by atoms with Crippen molar-refractivity contribution in [2.45, 2.75) is 6.92 Å². The molecule has 0 radical (unpaired) electrons. The fraction of sp³-hybridized carbons (Fsp3) is 0.0435. The van der Waals surface area contributed by atoms with E-state index in [1.165, 1.54) is 24.3 Å². The SMILES string of the molecule is Cc1ccc2nc(/C=C/c3ccc(-c4ccc([N+](=O)[O-])cc4Cl)o3)cc(C(=O)O)c2c1. The van der Waals surface area contributed by atoms with Crippen LogP contribution >= 0.6 is 11.6 Å². The first kappa shape index (κ1) is 20.3. The number of non-ortho nitro benzene ring substituents is 1. The van der Waals surface area contributed by atoms with Crippen LogP contribution in [0.25, 0.3) is 34.4 Å². The number of aromatic carboxylic acids is 1. The monoisotopic (exact) mass is 434 g/mol. The van der Waals surface area contributed by atoms with Crippen LogP contribution in [-0.4, -0.2) is 21.0 Å². The van der Waals surface area contributed by atoms with Crippen molar-refractivity contribution in [1.29, 1.82) is 0 Å². The van der Waals surface area contributed by atoms with Crippen molar-refractivity contribution >= 4 is 46.3 Å². The minimum Gasteiger partial charge on any atom is -0.478 e. The fourth-order valence-corrected chi connectivity index (χ4v) is 3.46. The van der Waals surface area contributed by atoms with Crippen LogP contribution in [0.1, 0.15) is 27.4 Å². The van der Waals surface area contributed by atoms with Gasteiger partial charge in [0.2, 0.25) is 0 Å². The van der Waals surface area contributed by atoms with E-state index in [4.69, 9.17) is 16.0 Å². The molecule has 2 aromatic carbocycles. The van der Waals surface area contributed by atoms with Gasteiger partial charge in [0.15, 0.2) is 0 Å². The molecule has 0 saturated heterocycles. The van der Waals surface area contributed by atoms with E-state index in [9.17, 15) is 20.0 Å². The van der Waals surface area contributed by atoms with Crippen LogP contribution in [-0.2, 0) is 0 Å². The van der Waals surface area contributed by atoms with Crippen LogP contribution < -0.4 is 0 Å². The summed E-state index contributed by atoms with van der Waals surface area (Å²) in [6, 6.07) is 14.5. The molecule has 2 aromatic heterocycles. The summed E-state index contributed by atoms with van der Waals surface area (Å²) in [5.74, 6) is -0.0828. The second-order valence-electron chi connectivity index (χ2n) is 6.88. The molecule has 8 heteroatoms. The minimum atomic E-state index is -1.03. The Morgan fingerprint density at radius 1 is 1.13 bits per heavy atom. The number of nitro groups is 1. The molecule has 31 heavy (non-hydrogen) atoms. The molecule has 2 heterocycles. The van der Waals surface area contributed by atoms with Crippen molar-refractivity contribution in [3.63, 3.8) is 0 Å². The number of carbonyl (C=O) groups is 1. The molecule has 0 aliphatic heterocycles. The lowest BCUT2D eigenvalue weighted by atomic mass is 10.1. The van der Waals surface area contributed by atoms with E-state index in [-0.39, 0.29) is 16.3 Å². The number of hydrogen-bond acceptors (Lipinski definition) is 5. The highest BCUT2D eigenvalue weighted by atomic mass is 35.5. The van der Waals surface area contributed by atoms with E-state index in [1.54, 1.807) is 36.4 Å². The van der Waals surface area contributed by atoms with Gasteiger partial charge < -0.3 is 9.52 Å². The van der Waals surface area contributed by atoms with E-state index in [1.807, 2.05) is 13.0 Å². The molecule has 154 valence electrons. The lowest BCUT2D eigenvalue weighted by molar-refractivity contribution is -0.384. The number of carboxylic acids is 1. The molecule has 0 amide bonds. The lowest BCUT2D eigenvalue weighted by Crippen LogP contribution is -2.00. The molecule has 0 saturated carbocycles. The standard InChI is InChI=1S/C23H15ClN2O5/c1-13-2-8-21-18(10-13)19(23(27)28)11-14(25-21)3-5-16-6-9-22(31-16)17-7-4-15(26(29)30)12-20(17)24/h2-12H,1H3,(H,27,28)/b5-3+. The summed E-state index contributed by atoms with van der Waals surface area (Å²) >= 11 is 6.16. The smallest absolute Gasteiger partial charge is 0.336 e. The molecule has 0 fully saturated rings. The van der Waals surface area contributed by atoms with Gasteiger partial charge in [-0.05, 0) is 55.5 Å². The average molecular weight is 435 g/mol. The predicted molar refractivity (Wildman–Crippen MR) is 118 cm³/mol. The van der Waals surface area contributed by atoms with Crippen LogP contribution in [0.3, 0.4) is 0 Å². The summed E-state index contributed by atoms with van der Waals surface area (Å²) in [5, 5.41) is 21.2. The van der Waals surface area contributed by atoms with Crippen LogP contribution in [0, 0.1) is 17.0 Å². The third kappa shape index (κ3) is 4.17. The van der Waals surface area contributed by atoms with Crippen molar-refractivity contribution in [2.24, 2.45) is 0 Å². The minimum absolute atomic E-state index is 0.104. The van der Waals surface area contributed by atoms with Gasteiger partial charge >= 0.3 is 5.97 Å². The molecule has 4 aromatic rings. The van der Waals surface area contributed by atoms with Crippen molar-refractivity contribution in [1.82, 2.24) is 4.98 Å². The molecule has 7 nitrogen and oxygen atoms in total. The molecule has 4 rings (SSSR count). The van der Waals surface area contributed by atoms with Gasteiger partial charge in [0.05, 0.1) is 26.7 Å². The highest BCUT2D eigenvalue weighted by molar-refractivity contribution is 6.33. The normalized spacial score (nSPS) is 11.3. The van der Waals surface area contributed by atoms with Gasteiger partial charge in [-0.25, -0.2) is 9.78 Å². The lowest BCUT2D eigenvalue weighted by Gasteiger charge is -2.05. The molecule has 0 aliphatic carbocycles. The number of pyridine rings is 1. The zero-order valence-electron chi connectivity index (χ0n) is 16.2. The Hall–Kier alpha value is -3.97. The van der Waals surface area contributed by atoms with Crippen LogP contribution in [0.15, 0.2) is 59.0 Å². The number of rotatable bonds is 5. The number of nitro benzene ring substituents is 1. The van der Waals surface area contributed by atoms with E-state index < -0.39 is 10.9 Å². The molecule has 0 spiro atoms. The quantitative estimate of drug-likeness (QED) is 0.294. The summed E-state index contributed by atoms with van der Waals surface area (Å²) in [4.78, 5) is 26.5. The molecule has 0 atom stereocenters. The molecule has 0 aliphatic rings. The first-order valence-electron chi connectivity index (χ1n) is 9.19. The summed E-state index contributed by atoms with van der Waals surface area (Å²) in [6.45, 7) is 1.89. The van der Waals surface area contributed by atoms with Gasteiger partial charge in [-0.15, -0.1) is 0 Å². The van der Waals surface area contributed by atoms with Gasteiger partial charge in [-0.1, -0.05) is 23.2 Å². The second-order valence-corrected chi connectivity index (χ2v) is 7.28. The van der Waals surface area contributed by atoms with Crippen molar-refractivity contribution in [3.8, 4) is 11.3 Å². The fourth-order valence-electron chi connectivity index (χ4n) is 3.19. The Morgan fingerprint density at radius 2 is 1.94 bits per heavy atom. The van der Waals surface area contributed by atoms with Crippen LogP contribution in [0.5, 0.6) is 0 Å². The largest absolute Gasteiger partial charge is 0.478 e. The molecular weight excluding hydrogens is 420 g/mol. The number of fused-ring (bicyclic) bond motifs is 1. The number of benzene rings is 2. The number of nitrogens with zero attached hydrogens (tertiary/aromatic N) is 2. The summed E-state index contributed by atoms with van der Waals surface area (Å²) < 4.78 is 5.77. The van der Waals surface area contributed by atoms with E-state index in [0.29, 0.717) is 33.7 Å². The number of hydrogen-bond donors (Lipinski definition) is 1. The number of furan rings is 1. The highest BCUT2D eigenvalue weighted by Crippen LogP contribution is 2.32. The number of aromatic nitrogens is 1. The Labute approximate surface area is 181 Å². The molecule has 1 N–H and O–H groups in total. The van der Waals surface area contributed by atoms with Gasteiger partial charge in [-0.2, -0.15) is 0 Å². The zero-order chi connectivity index (χ0) is 22.1. The average Bonchev–Trinajstić information content (AvgIpc) is 3.20. The maximum atomic E-state index is 11.7. The Morgan fingerprint density at radius 3 is 2.65 bits per heavy atom. The van der Waals surface area contributed by atoms with Crippen molar-refractivity contribution in [3.05, 3.63) is 92.3 Å². The van der Waals surface area contributed by atoms with Crippen molar-refractivity contribution < 1.29 is 19.2 Å². The Kier molecular flexibility index (Phi) is 5.27. The van der Waals surface area contributed by atoms with Gasteiger partial charge in [0.25, 0.3) is 5.69 Å². The summed E-state index contributed by atoms with van der Waals surface area (Å²) in [6.07, 6.45) is 3.32. The Balaban J connectivity index is 1.65. The van der Waals surface area contributed by atoms with E-state index >= 15 is 0 Å². The molecular formula is C23H15ClN2O5. The number of halogens is 1. The zero-order valence-corrected chi connectivity index (χ0v) is 17.0. The number of aryl methyl sites for hydroxylation is 1. The summed E-state index contributed by atoms with van der Waals surface area (Å²) in [5.41, 5.74) is 2.61. The summed E-state index contributed by atoms with van der Waals surface area (Å²) in [7, 11) is 0.